The summed E-state index contributed by atoms with van der Waals surface area (Å²) in [6.07, 6.45) is -1.15. The lowest BCUT2D eigenvalue weighted by molar-refractivity contribution is -0.384. The third-order valence-corrected chi connectivity index (χ3v) is 6.33. The molecule has 0 unspecified atom stereocenters. The van der Waals surface area contributed by atoms with E-state index in [1.54, 1.807) is 61.5 Å². The summed E-state index contributed by atoms with van der Waals surface area (Å²) < 4.78 is 10.3. The number of nitro benzene ring substituents is 1. The molecule has 0 bridgehead atoms. The molecule has 0 aromatic heterocycles. The Kier molecular flexibility index (Phi) is 11.5. The number of hydrogen-bond donors (Lipinski definition) is 3. The second-order valence-corrected chi connectivity index (χ2v) is 9.30. The zero-order chi connectivity index (χ0) is 30.5. The first-order chi connectivity index (χ1) is 20.2. The summed E-state index contributed by atoms with van der Waals surface area (Å²) in [5.41, 5.74) is 7.30. The van der Waals surface area contributed by atoms with Crippen molar-refractivity contribution in [3.63, 3.8) is 0 Å². The van der Waals surface area contributed by atoms with Crippen LogP contribution in [0.2, 0.25) is 0 Å². The SMILES string of the molecule is CCOC(=O)C[C@H](c1ccc([N+](=O)[O-])cc1)[C@H](NC(=O)[C@@H](Cc1ccccc1)NC(=O)OCc1ccccc1)C(N)=O. The maximum Gasteiger partial charge on any atom is 0.408 e. The predicted octanol–water partition coefficient (Wildman–Crippen LogP) is 3.14. The number of nitro groups is 1. The smallest absolute Gasteiger partial charge is 0.408 e. The van der Waals surface area contributed by atoms with Crippen LogP contribution < -0.4 is 16.4 Å². The van der Waals surface area contributed by atoms with Gasteiger partial charge in [0, 0.05) is 24.5 Å². The highest BCUT2D eigenvalue weighted by atomic mass is 16.6. The molecule has 0 heterocycles. The fourth-order valence-corrected chi connectivity index (χ4v) is 4.26. The van der Waals surface area contributed by atoms with Crippen molar-refractivity contribution in [3.05, 3.63) is 112 Å². The number of hydrogen-bond acceptors (Lipinski definition) is 8. The topological polar surface area (TPSA) is 180 Å². The highest BCUT2D eigenvalue weighted by Gasteiger charge is 2.34. The number of primary amides is 1. The predicted molar refractivity (Wildman–Crippen MR) is 152 cm³/mol. The van der Waals surface area contributed by atoms with Crippen LogP contribution in [0.4, 0.5) is 10.5 Å². The Bertz CT molecular complexity index is 1370. The van der Waals surface area contributed by atoms with Crippen molar-refractivity contribution in [2.24, 2.45) is 5.73 Å². The number of esters is 1. The molecule has 3 atom stereocenters. The summed E-state index contributed by atoms with van der Waals surface area (Å²) in [5.74, 6) is -3.39. The number of nitrogens with one attached hydrogen (secondary N) is 2. The van der Waals surface area contributed by atoms with Gasteiger partial charge in [0.05, 0.1) is 18.0 Å². The van der Waals surface area contributed by atoms with Crippen molar-refractivity contribution >= 4 is 29.6 Å². The van der Waals surface area contributed by atoms with Gasteiger partial charge in [0.2, 0.25) is 11.8 Å². The number of non-ortho nitro benzene ring substituents is 1. The number of ether oxygens (including phenoxy) is 2. The standard InChI is InChI=1S/C30H32N4O8/c1-2-41-26(35)18-24(22-13-15-23(16-14-22)34(39)40)27(28(31)36)33-29(37)25(17-20-9-5-3-6-10-20)32-30(38)42-19-21-11-7-4-8-12-21/h3-16,24-25,27H,2,17-19H2,1H3,(H2,31,36)(H,32,38)(H,33,37)/t24-,25-,27+/m1/s1. The lowest BCUT2D eigenvalue weighted by atomic mass is 9.87. The third-order valence-electron chi connectivity index (χ3n) is 6.33. The quantitative estimate of drug-likeness (QED) is 0.149. The van der Waals surface area contributed by atoms with Crippen molar-refractivity contribution in [1.29, 1.82) is 0 Å². The molecule has 0 radical (unpaired) electrons. The fourth-order valence-electron chi connectivity index (χ4n) is 4.26. The minimum Gasteiger partial charge on any atom is -0.466 e. The average Bonchev–Trinajstić information content (AvgIpc) is 2.98. The zero-order valence-electron chi connectivity index (χ0n) is 22.9. The minimum atomic E-state index is -1.43. The van der Waals surface area contributed by atoms with Gasteiger partial charge in [-0.2, -0.15) is 0 Å². The van der Waals surface area contributed by atoms with Crippen molar-refractivity contribution in [2.45, 2.75) is 44.4 Å². The maximum atomic E-state index is 13.6. The van der Waals surface area contributed by atoms with E-state index in [-0.39, 0.29) is 31.7 Å². The van der Waals surface area contributed by atoms with Gasteiger partial charge in [0.1, 0.15) is 18.7 Å². The molecule has 0 aliphatic carbocycles. The largest absolute Gasteiger partial charge is 0.466 e. The highest BCUT2D eigenvalue weighted by molar-refractivity contribution is 5.92. The molecular formula is C30H32N4O8. The van der Waals surface area contributed by atoms with Gasteiger partial charge < -0.3 is 25.8 Å². The van der Waals surface area contributed by atoms with Crippen molar-refractivity contribution < 1.29 is 33.6 Å². The van der Waals surface area contributed by atoms with Gasteiger partial charge in [0.25, 0.3) is 5.69 Å². The molecule has 0 spiro atoms. The van der Waals surface area contributed by atoms with Gasteiger partial charge in [0.15, 0.2) is 0 Å². The lowest BCUT2D eigenvalue weighted by Crippen LogP contribution is -2.55. The number of nitrogens with two attached hydrogens (primary N) is 1. The van der Waals surface area contributed by atoms with E-state index in [4.69, 9.17) is 15.2 Å². The second kappa shape index (κ2) is 15.5. The molecule has 3 aromatic carbocycles. The van der Waals surface area contributed by atoms with E-state index in [9.17, 15) is 29.3 Å². The van der Waals surface area contributed by atoms with Gasteiger partial charge >= 0.3 is 12.1 Å². The van der Waals surface area contributed by atoms with E-state index in [0.717, 1.165) is 11.1 Å². The fraction of sp³-hybridized carbons (Fsp3) is 0.267. The van der Waals surface area contributed by atoms with E-state index in [1.807, 2.05) is 6.07 Å². The number of rotatable bonds is 14. The van der Waals surface area contributed by atoms with Crippen molar-refractivity contribution in [2.75, 3.05) is 6.61 Å². The maximum absolute atomic E-state index is 13.6. The Labute approximate surface area is 242 Å². The Hall–Kier alpha value is -5.26. The van der Waals surface area contributed by atoms with Crippen LogP contribution in [0.5, 0.6) is 0 Å². The van der Waals surface area contributed by atoms with Crippen LogP contribution in [-0.2, 0) is 36.9 Å². The molecule has 3 aromatic rings. The summed E-state index contributed by atoms with van der Waals surface area (Å²) in [6.45, 7) is 1.66. The number of carbonyl (C=O) groups is 4. The van der Waals surface area contributed by atoms with E-state index < -0.39 is 46.8 Å². The molecular weight excluding hydrogens is 544 g/mol. The number of carbonyl (C=O) groups excluding carboxylic acids is 4. The third kappa shape index (κ3) is 9.44. The molecule has 12 nitrogen and oxygen atoms in total. The first-order valence-electron chi connectivity index (χ1n) is 13.2. The van der Waals surface area contributed by atoms with E-state index >= 15 is 0 Å². The van der Waals surface area contributed by atoms with Crippen molar-refractivity contribution in [1.82, 2.24) is 10.6 Å². The summed E-state index contributed by atoms with van der Waals surface area (Å²) >= 11 is 0. The molecule has 4 N–H and O–H groups in total. The highest BCUT2D eigenvalue weighted by Crippen LogP contribution is 2.27. The molecule has 42 heavy (non-hydrogen) atoms. The van der Waals surface area contributed by atoms with Crippen LogP contribution in [0.1, 0.15) is 36.0 Å². The normalized spacial score (nSPS) is 12.7. The van der Waals surface area contributed by atoms with Crippen LogP contribution in [0, 0.1) is 10.1 Å². The molecule has 3 rings (SSSR count). The van der Waals surface area contributed by atoms with Crippen LogP contribution in [-0.4, -0.2) is 47.5 Å². The Morgan fingerprint density at radius 1 is 0.857 bits per heavy atom. The molecule has 0 saturated carbocycles. The summed E-state index contributed by atoms with van der Waals surface area (Å²) in [7, 11) is 0. The minimum absolute atomic E-state index is 0.0297. The number of alkyl carbamates (subject to hydrolysis) is 1. The van der Waals surface area contributed by atoms with Gasteiger partial charge in [-0.15, -0.1) is 0 Å². The number of amides is 3. The monoisotopic (exact) mass is 576 g/mol. The first-order valence-corrected chi connectivity index (χ1v) is 13.2. The number of benzene rings is 3. The average molecular weight is 577 g/mol. The Balaban J connectivity index is 1.85. The van der Waals surface area contributed by atoms with Gasteiger partial charge in [-0.05, 0) is 23.6 Å². The van der Waals surface area contributed by atoms with Crippen LogP contribution in [0.3, 0.4) is 0 Å². The zero-order valence-corrected chi connectivity index (χ0v) is 22.9. The summed E-state index contributed by atoms with van der Waals surface area (Å²) in [5, 5.41) is 16.3. The number of nitrogens with zero attached hydrogens (tertiary/aromatic N) is 1. The Morgan fingerprint density at radius 3 is 2.00 bits per heavy atom. The van der Waals surface area contributed by atoms with Crippen LogP contribution >= 0.6 is 0 Å². The molecule has 0 saturated heterocycles. The van der Waals surface area contributed by atoms with E-state index in [1.165, 1.54) is 24.3 Å². The Morgan fingerprint density at radius 2 is 1.45 bits per heavy atom. The molecule has 0 fully saturated rings. The molecule has 3 amide bonds. The van der Waals surface area contributed by atoms with E-state index in [0.29, 0.717) is 5.56 Å². The first kappa shape index (κ1) is 31.3. The molecule has 0 aliphatic heterocycles. The molecule has 0 aliphatic rings. The summed E-state index contributed by atoms with van der Waals surface area (Å²) in [6, 6.07) is 20.4. The molecule has 220 valence electrons. The van der Waals surface area contributed by atoms with Gasteiger partial charge in [-0.1, -0.05) is 72.8 Å². The lowest BCUT2D eigenvalue weighted by Gasteiger charge is -2.28. The van der Waals surface area contributed by atoms with Gasteiger partial charge in [-0.25, -0.2) is 4.79 Å². The van der Waals surface area contributed by atoms with Gasteiger partial charge in [-0.3, -0.25) is 24.5 Å². The van der Waals surface area contributed by atoms with Crippen LogP contribution in [0.15, 0.2) is 84.9 Å². The second-order valence-electron chi connectivity index (χ2n) is 9.30. The summed E-state index contributed by atoms with van der Waals surface area (Å²) in [4.78, 5) is 61.9. The van der Waals surface area contributed by atoms with E-state index in [2.05, 4.69) is 10.6 Å². The molecule has 12 heteroatoms. The van der Waals surface area contributed by atoms with Crippen molar-refractivity contribution in [3.8, 4) is 0 Å². The van der Waals surface area contributed by atoms with Crippen LogP contribution in [0.25, 0.3) is 0 Å².